The number of esters is 1. The molecule has 1 rings (SSSR count). The Hall–Kier alpha value is -2.24. The molecular weight excluding hydrogens is 322 g/mol. The van der Waals surface area contributed by atoms with Crippen molar-refractivity contribution in [2.45, 2.75) is 52.1 Å². The SMILES string of the molecule is COC(=O)c1ccc(CCCCCNC(=O)OC(C)(C)C)cc1OC. The zero-order chi connectivity index (χ0) is 18.9. The van der Waals surface area contributed by atoms with E-state index < -0.39 is 11.6 Å². The molecule has 1 amide bonds. The molecule has 0 fully saturated rings. The van der Waals surface area contributed by atoms with Gasteiger partial charge in [0.25, 0.3) is 0 Å². The predicted octanol–water partition coefficient (Wildman–Crippen LogP) is 3.72. The van der Waals surface area contributed by atoms with Gasteiger partial charge in [0.05, 0.1) is 14.2 Å². The highest BCUT2D eigenvalue weighted by Gasteiger charge is 2.15. The number of carbonyl (C=O) groups is 2. The van der Waals surface area contributed by atoms with Gasteiger partial charge < -0.3 is 19.5 Å². The second kappa shape index (κ2) is 9.91. The molecule has 0 unspecified atom stereocenters. The van der Waals surface area contributed by atoms with Gasteiger partial charge in [-0.25, -0.2) is 9.59 Å². The average molecular weight is 351 g/mol. The highest BCUT2D eigenvalue weighted by Crippen LogP contribution is 2.22. The maximum absolute atomic E-state index is 11.6. The maximum Gasteiger partial charge on any atom is 0.407 e. The molecule has 1 N–H and O–H groups in total. The van der Waals surface area contributed by atoms with Gasteiger partial charge in [-0.15, -0.1) is 0 Å². The fourth-order valence-corrected chi connectivity index (χ4v) is 2.31. The minimum Gasteiger partial charge on any atom is -0.496 e. The Bertz CT molecular complexity index is 578. The molecule has 6 heteroatoms. The van der Waals surface area contributed by atoms with Crippen molar-refractivity contribution in [1.82, 2.24) is 5.32 Å². The second-order valence-electron chi connectivity index (χ2n) is 6.77. The van der Waals surface area contributed by atoms with E-state index in [1.54, 1.807) is 6.07 Å². The lowest BCUT2D eigenvalue weighted by Crippen LogP contribution is -2.32. The Morgan fingerprint density at radius 3 is 2.40 bits per heavy atom. The van der Waals surface area contributed by atoms with Crippen molar-refractivity contribution in [3.63, 3.8) is 0 Å². The molecule has 0 atom stereocenters. The monoisotopic (exact) mass is 351 g/mol. The summed E-state index contributed by atoms with van der Waals surface area (Å²) in [5.41, 5.74) is 1.05. The summed E-state index contributed by atoms with van der Waals surface area (Å²) < 4.78 is 15.2. The van der Waals surface area contributed by atoms with Crippen LogP contribution in [0.15, 0.2) is 18.2 Å². The van der Waals surface area contributed by atoms with Crippen LogP contribution in [0.5, 0.6) is 5.75 Å². The molecule has 0 heterocycles. The van der Waals surface area contributed by atoms with Crippen LogP contribution in [0.25, 0.3) is 0 Å². The van der Waals surface area contributed by atoms with Crippen molar-refractivity contribution >= 4 is 12.1 Å². The molecule has 0 aliphatic carbocycles. The zero-order valence-electron chi connectivity index (χ0n) is 15.8. The fourth-order valence-electron chi connectivity index (χ4n) is 2.31. The van der Waals surface area contributed by atoms with Crippen LogP contribution in [0.4, 0.5) is 4.79 Å². The molecule has 140 valence electrons. The number of unbranched alkanes of at least 4 members (excludes halogenated alkanes) is 2. The lowest BCUT2D eigenvalue weighted by Gasteiger charge is -2.19. The summed E-state index contributed by atoms with van der Waals surface area (Å²) in [5, 5.41) is 2.75. The first-order chi connectivity index (χ1) is 11.8. The van der Waals surface area contributed by atoms with Crippen LogP contribution in [0.1, 0.15) is 56.0 Å². The van der Waals surface area contributed by atoms with Crippen molar-refractivity contribution in [3.05, 3.63) is 29.3 Å². The van der Waals surface area contributed by atoms with Crippen LogP contribution in [0.3, 0.4) is 0 Å². The van der Waals surface area contributed by atoms with E-state index in [1.807, 2.05) is 32.9 Å². The number of benzene rings is 1. The molecule has 0 aliphatic rings. The summed E-state index contributed by atoms with van der Waals surface area (Å²) in [7, 11) is 2.88. The number of nitrogens with one attached hydrogen (secondary N) is 1. The third kappa shape index (κ3) is 7.92. The Balaban J connectivity index is 2.33. The predicted molar refractivity (Wildman–Crippen MR) is 96.1 cm³/mol. The summed E-state index contributed by atoms with van der Waals surface area (Å²) in [6, 6.07) is 5.50. The van der Waals surface area contributed by atoms with Gasteiger partial charge in [-0.3, -0.25) is 0 Å². The maximum atomic E-state index is 11.6. The summed E-state index contributed by atoms with van der Waals surface area (Å²) >= 11 is 0. The van der Waals surface area contributed by atoms with Gasteiger partial charge >= 0.3 is 12.1 Å². The van der Waals surface area contributed by atoms with E-state index in [4.69, 9.17) is 14.2 Å². The Morgan fingerprint density at radius 1 is 1.08 bits per heavy atom. The molecule has 1 aromatic carbocycles. The molecule has 0 saturated carbocycles. The first-order valence-electron chi connectivity index (χ1n) is 8.49. The third-order valence-corrected chi connectivity index (χ3v) is 3.48. The van der Waals surface area contributed by atoms with Crippen molar-refractivity contribution in [2.24, 2.45) is 0 Å². The molecule has 1 aromatic rings. The van der Waals surface area contributed by atoms with Crippen LogP contribution >= 0.6 is 0 Å². The van der Waals surface area contributed by atoms with E-state index in [9.17, 15) is 9.59 Å². The molecule has 0 radical (unpaired) electrons. The van der Waals surface area contributed by atoms with Gasteiger partial charge in [0, 0.05) is 6.54 Å². The van der Waals surface area contributed by atoms with E-state index in [0.717, 1.165) is 31.2 Å². The summed E-state index contributed by atoms with van der Waals surface area (Å²) in [6.07, 6.45) is 3.35. The van der Waals surface area contributed by atoms with Gasteiger partial charge in [0.1, 0.15) is 16.9 Å². The van der Waals surface area contributed by atoms with E-state index in [0.29, 0.717) is 17.9 Å². The molecular formula is C19H29NO5. The number of methoxy groups -OCH3 is 2. The number of rotatable bonds is 8. The first kappa shape index (κ1) is 20.8. The fraction of sp³-hybridized carbons (Fsp3) is 0.579. The topological polar surface area (TPSA) is 73.9 Å². The number of aryl methyl sites for hydroxylation is 1. The van der Waals surface area contributed by atoms with Gasteiger partial charge in [-0.1, -0.05) is 12.5 Å². The van der Waals surface area contributed by atoms with Crippen molar-refractivity contribution in [2.75, 3.05) is 20.8 Å². The largest absolute Gasteiger partial charge is 0.496 e. The van der Waals surface area contributed by atoms with Crippen molar-refractivity contribution in [3.8, 4) is 5.75 Å². The highest BCUT2D eigenvalue weighted by atomic mass is 16.6. The standard InChI is InChI=1S/C19H29NO5/c1-19(2,3)25-18(22)20-12-8-6-7-9-14-10-11-15(17(21)24-5)16(13-14)23-4/h10-11,13H,6-9,12H2,1-5H3,(H,20,22). The average Bonchev–Trinajstić information content (AvgIpc) is 2.55. The molecule has 0 aromatic heterocycles. The van der Waals surface area contributed by atoms with Crippen molar-refractivity contribution in [1.29, 1.82) is 0 Å². The number of amides is 1. The minimum absolute atomic E-state index is 0.379. The Kier molecular flexibility index (Phi) is 8.25. The van der Waals surface area contributed by atoms with Crippen LogP contribution in [0.2, 0.25) is 0 Å². The molecule has 0 bridgehead atoms. The van der Waals surface area contributed by atoms with Crippen LogP contribution in [0, 0.1) is 0 Å². The summed E-state index contributed by atoms with van der Waals surface area (Å²) in [6.45, 7) is 6.12. The lowest BCUT2D eigenvalue weighted by atomic mass is 10.0. The van der Waals surface area contributed by atoms with Crippen LogP contribution in [-0.2, 0) is 15.9 Å². The highest BCUT2D eigenvalue weighted by molar-refractivity contribution is 5.92. The molecule has 25 heavy (non-hydrogen) atoms. The lowest BCUT2D eigenvalue weighted by molar-refractivity contribution is 0.0525. The smallest absolute Gasteiger partial charge is 0.407 e. The van der Waals surface area contributed by atoms with E-state index in [1.165, 1.54) is 14.2 Å². The van der Waals surface area contributed by atoms with Gasteiger partial charge in [-0.2, -0.15) is 0 Å². The Morgan fingerprint density at radius 2 is 1.80 bits per heavy atom. The molecule has 6 nitrogen and oxygen atoms in total. The normalized spacial score (nSPS) is 10.9. The number of hydrogen-bond donors (Lipinski definition) is 1. The minimum atomic E-state index is -0.473. The summed E-state index contributed by atoms with van der Waals surface area (Å²) in [5.74, 6) is 0.118. The molecule has 0 spiro atoms. The van der Waals surface area contributed by atoms with E-state index in [2.05, 4.69) is 5.32 Å². The number of carbonyl (C=O) groups excluding carboxylic acids is 2. The van der Waals surface area contributed by atoms with Gasteiger partial charge in [0.2, 0.25) is 0 Å². The zero-order valence-corrected chi connectivity index (χ0v) is 15.8. The number of alkyl carbamates (subject to hydrolysis) is 1. The quantitative estimate of drug-likeness (QED) is 0.571. The van der Waals surface area contributed by atoms with E-state index in [-0.39, 0.29) is 6.09 Å². The first-order valence-corrected chi connectivity index (χ1v) is 8.49. The van der Waals surface area contributed by atoms with Gasteiger partial charge in [0.15, 0.2) is 0 Å². The van der Waals surface area contributed by atoms with Crippen molar-refractivity contribution < 1.29 is 23.8 Å². The third-order valence-electron chi connectivity index (χ3n) is 3.48. The van der Waals surface area contributed by atoms with E-state index >= 15 is 0 Å². The summed E-state index contributed by atoms with van der Waals surface area (Å²) in [4.78, 5) is 23.1. The second-order valence-corrected chi connectivity index (χ2v) is 6.77. The Labute approximate surface area is 149 Å². The van der Waals surface area contributed by atoms with Gasteiger partial charge in [-0.05, 0) is 57.7 Å². The van der Waals surface area contributed by atoms with Crippen LogP contribution < -0.4 is 10.1 Å². The van der Waals surface area contributed by atoms with Crippen LogP contribution in [-0.4, -0.2) is 38.4 Å². The molecule has 0 saturated heterocycles. The number of ether oxygens (including phenoxy) is 3. The molecule has 0 aliphatic heterocycles. The number of hydrogen-bond acceptors (Lipinski definition) is 5.